The third-order valence-electron chi connectivity index (χ3n) is 4.38. The van der Waals surface area contributed by atoms with E-state index < -0.39 is 0 Å². The van der Waals surface area contributed by atoms with Crippen LogP contribution in [0.4, 0.5) is 0 Å². The van der Waals surface area contributed by atoms with Crippen molar-refractivity contribution in [2.45, 2.75) is 38.1 Å². The first-order valence-corrected chi connectivity index (χ1v) is 8.21. The van der Waals surface area contributed by atoms with E-state index in [9.17, 15) is 0 Å². The van der Waals surface area contributed by atoms with Crippen LogP contribution < -0.4 is 5.32 Å². The van der Waals surface area contributed by atoms with Crippen molar-refractivity contribution in [1.29, 1.82) is 0 Å². The van der Waals surface area contributed by atoms with Crippen LogP contribution in [-0.4, -0.2) is 16.5 Å². The molecule has 1 aromatic carbocycles. The first-order chi connectivity index (χ1) is 9.81. The quantitative estimate of drug-likeness (QED) is 0.708. The van der Waals surface area contributed by atoms with E-state index in [4.69, 9.17) is 4.98 Å². The summed E-state index contributed by atoms with van der Waals surface area (Å²) in [5.41, 5.74) is 5.10. The van der Waals surface area contributed by atoms with Crippen LogP contribution in [0.25, 0.3) is 11.3 Å². The SMILES string of the molecule is Brc1ccc2c(c1)Cc1[nH]c(C3CCCCCN3)nc1-2. The first-order valence-electron chi connectivity index (χ1n) is 7.42. The van der Waals surface area contributed by atoms with Crippen molar-refractivity contribution < 1.29 is 0 Å². The lowest BCUT2D eigenvalue weighted by molar-refractivity contribution is 0.511. The van der Waals surface area contributed by atoms with Crippen LogP contribution in [0.5, 0.6) is 0 Å². The van der Waals surface area contributed by atoms with Crippen LogP contribution in [0.15, 0.2) is 22.7 Å². The standard InChI is InChI=1S/C16H18BrN3/c17-11-5-6-12-10(8-11)9-14-15(12)20-16(19-14)13-4-2-1-3-7-18-13/h5-6,8,13,18H,1-4,7,9H2,(H,19,20). The summed E-state index contributed by atoms with van der Waals surface area (Å²) in [5, 5.41) is 3.62. The van der Waals surface area contributed by atoms with Crippen molar-refractivity contribution in [2.24, 2.45) is 0 Å². The fraction of sp³-hybridized carbons (Fsp3) is 0.438. The third-order valence-corrected chi connectivity index (χ3v) is 4.87. The Hall–Kier alpha value is -1.13. The average molecular weight is 332 g/mol. The summed E-state index contributed by atoms with van der Waals surface area (Å²) < 4.78 is 1.15. The van der Waals surface area contributed by atoms with Gasteiger partial charge in [-0.05, 0) is 37.1 Å². The van der Waals surface area contributed by atoms with Crippen LogP contribution in [-0.2, 0) is 6.42 Å². The highest BCUT2D eigenvalue weighted by atomic mass is 79.9. The Bertz CT molecular complexity index is 639. The second kappa shape index (κ2) is 5.01. The molecule has 1 atom stereocenters. The van der Waals surface area contributed by atoms with Crippen molar-refractivity contribution in [2.75, 3.05) is 6.54 Å². The van der Waals surface area contributed by atoms with Gasteiger partial charge in [-0.2, -0.15) is 0 Å². The number of H-pyrrole nitrogens is 1. The number of aromatic amines is 1. The van der Waals surface area contributed by atoms with Crippen LogP contribution in [0.3, 0.4) is 0 Å². The van der Waals surface area contributed by atoms with Crippen molar-refractivity contribution in [3.05, 3.63) is 39.8 Å². The fourth-order valence-corrected chi connectivity index (χ4v) is 3.75. The van der Waals surface area contributed by atoms with Gasteiger partial charge in [-0.15, -0.1) is 0 Å². The molecule has 2 N–H and O–H groups in total. The zero-order valence-corrected chi connectivity index (χ0v) is 13.0. The molecule has 3 nitrogen and oxygen atoms in total. The number of halogens is 1. The predicted molar refractivity (Wildman–Crippen MR) is 83.7 cm³/mol. The molecule has 4 rings (SSSR count). The zero-order chi connectivity index (χ0) is 13.5. The van der Waals surface area contributed by atoms with Crippen molar-refractivity contribution in [1.82, 2.24) is 15.3 Å². The molecule has 104 valence electrons. The number of imidazole rings is 1. The van der Waals surface area contributed by atoms with Crippen LogP contribution in [0, 0.1) is 0 Å². The van der Waals surface area contributed by atoms with Gasteiger partial charge >= 0.3 is 0 Å². The van der Waals surface area contributed by atoms with Gasteiger partial charge in [-0.3, -0.25) is 0 Å². The molecule has 4 heteroatoms. The molecule has 0 radical (unpaired) electrons. The number of rotatable bonds is 1. The van der Waals surface area contributed by atoms with Gasteiger partial charge in [-0.1, -0.05) is 34.8 Å². The Morgan fingerprint density at radius 2 is 2.15 bits per heavy atom. The Morgan fingerprint density at radius 1 is 1.20 bits per heavy atom. The molecule has 1 saturated heterocycles. The lowest BCUT2D eigenvalue weighted by Gasteiger charge is -2.12. The molecule has 1 aliphatic carbocycles. The summed E-state index contributed by atoms with van der Waals surface area (Å²) >= 11 is 3.54. The highest BCUT2D eigenvalue weighted by Crippen LogP contribution is 2.37. The molecule has 0 spiro atoms. The summed E-state index contributed by atoms with van der Waals surface area (Å²) in [6, 6.07) is 6.89. The van der Waals surface area contributed by atoms with E-state index in [0.29, 0.717) is 6.04 Å². The summed E-state index contributed by atoms with van der Waals surface area (Å²) in [7, 11) is 0. The van der Waals surface area contributed by atoms with E-state index in [0.717, 1.165) is 29.0 Å². The van der Waals surface area contributed by atoms with Crippen LogP contribution in [0.1, 0.15) is 48.8 Å². The van der Waals surface area contributed by atoms with Gasteiger partial charge in [0.25, 0.3) is 0 Å². The molecule has 2 aliphatic rings. The van der Waals surface area contributed by atoms with Gasteiger partial charge in [0.1, 0.15) is 5.82 Å². The average Bonchev–Trinajstić information content (AvgIpc) is 2.84. The van der Waals surface area contributed by atoms with E-state index in [-0.39, 0.29) is 0 Å². The van der Waals surface area contributed by atoms with Crippen molar-refractivity contribution >= 4 is 15.9 Å². The van der Waals surface area contributed by atoms with Gasteiger partial charge in [-0.25, -0.2) is 4.98 Å². The fourth-order valence-electron chi connectivity index (χ4n) is 3.34. The molecule has 2 aromatic rings. The van der Waals surface area contributed by atoms with E-state index >= 15 is 0 Å². The van der Waals surface area contributed by atoms with Gasteiger partial charge in [0.2, 0.25) is 0 Å². The minimum Gasteiger partial charge on any atom is -0.344 e. The Kier molecular flexibility index (Phi) is 3.15. The third kappa shape index (κ3) is 2.11. The highest BCUT2D eigenvalue weighted by Gasteiger charge is 2.25. The maximum absolute atomic E-state index is 4.89. The Morgan fingerprint density at radius 3 is 3.10 bits per heavy atom. The summed E-state index contributed by atoms with van der Waals surface area (Å²) in [6.45, 7) is 1.11. The molecule has 1 unspecified atom stereocenters. The molecule has 20 heavy (non-hydrogen) atoms. The van der Waals surface area contributed by atoms with E-state index in [2.05, 4.69) is 44.4 Å². The maximum atomic E-state index is 4.89. The van der Waals surface area contributed by atoms with Crippen LogP contribution in [0.2, 0.25) is 0 Å². The summed E-state index contributed by atoms with van der Waals surface area (Å²) in [4.78, 5) is 8.46. The monoisotopic (exact) mass is 331 g/mol. The Labute approximate surface area is 127 Å². The minimum atomic E-state index is 0.405. The maximum Gasteiger partial charge on any atom is 0.124 e. The number of nitrogens with zero attached hydrogens (tertiary/aromatic N) is 1. The minimum absolute atomic E-state index is 0.405. The van der Waals surface area contributed by atoms with Gasteiger partial charge < -0.3 is 10.3 Å². The number of benzene rings is 1. The van der Waals surface area contributed by atoms with E-state index in [1.54, 1.807) is 0 Å². The van der Waals surface area contributed by atoms with Crippen molar-refractivity contribution in [3.8, 4) is 11.3 Å². The number of hydrogen-bond donors (Lipinski definition) is 2. The van der Waals surface area contributed by atoms with Gasteiger partial charge in [0, 0.05) is 22.2 Å². The van der Waals surface area contributed by atoms with E-state index in [1.807, 2.05) is 0 Å². The molecule has 1 fully saturated rings. The molecular formula is C16H18BrN3. The zero-order valence-electron chi connectivity index (χ0n) is 11.4. The molecule has 0 saturated carbocycles. The first kappa shape index (κ1) is 12.6. The second-order valence-corrected chi connectivity index (χ2v) is 6.70. The largest absolute Gasteiger partial charge is 0.344 e. The second-order valence-electron chi connectivity index (χ2n) is 5.78. The number of aromatic nitrogens is 2. The topological polar surface area (TPSA) is 40.7 Å². The van der Waals surface area contributed by atoms with Gasteiger partial charge in [0.15, 0.2) is 0 Å². The summed E-state index contributed by atoms with van der Waals surface area (Å²) in [6.07, 6.45) is 6.09. The Balaban J connectivity index is 1.67. The number of nitrogens with one attached hydrogen (secondary N) is 2. The lowest BCUT2D eigenvalue weighted by Crippen LogP contribution is -2.21. The molecule has 2 heterocycles. The number of fused-ring (bicyclic) bond motifs is 3. The molecule has 0 amide bonds. The summed E-state index contributed by atoms with van der Waals surface area (Å²) in [5.74, 6) is 1.13. The predicted octanol–water partition coefficient (Wildman–Crippen LogP) is 3.95. The smallest absolute Gasteiger partial charge is 0.124 e. The van der Waals surface area contributed by atoms with Gasteiger partial charge in [0.05, 0.1) is 11.7 Å². The lowest BCUT2D eigenvalue weighted by atomic mass is 10.1. The molecule has 0 bridgehead atoms. The highest BCUT2D eigenvalue weighted by molar-refractivity contribution is 9.10. The number of hydrogen-bond acceptors (Lipinski definition) is 2. The molecule has 1 aliphatic heterocycles. The normalized spacial score (nSPS) is 21.4. The van der Waals surface area contributed by atoms with E-state index in [1.165, 1.54) is 42.5 Å². The molecular weight excluding hydrogens is 314 g/mol. The molecule has 1 aromatic heterocycles. The van der Waals surface area contributed by atoms with Crippen molar-refractivity contribution in [3.63, 3.8) is 0 Å². The van der Waals surface area contributed by atoms with Crippen LogP contribution >= 0.6 is 15.9 Å².